The van der Waals surface area contributed by atoms with Crippen LogP contribution in [-0.2, 0) is 6.54 Å². The Labute approximate surface area is 153 Å². The van der Waals surface area contributed by atoms with Gasteiger partial charge in [0, 0.05) is 25.1 Å². The second-order valence-corrected chi connectivity index (χ2v) is 6.21. The number of hydrogen-bond donors (Lipinski definition) is 1. The normalized spacial score (nSPS) is 15.7. The van der Waals surface area contributed by atoms with Crippen LogP contribution in [0.15, 0.2) is 66.1 Å². The van der Waals surface area contributed by atoms with Crippen molar-refractivity contribution in [3.8, 4) is 11.3 Å². The Kier molecular flexibility index (Phi) is 3.53. The first-order valence-corrected chi connectivity index (χ1v) is 8.39. The van der Waals surface area contributed by atoms with E-state index in [0.717, 1.165) is 22.4 Å². The van der Waals surface area contributed by atoms with Crippen LogP contribution in [0.25, 0.3) is 11.3 Å². The number of H-pyrrole nitrogens is 1. The molecule has 0 saturated carbocycles. The van der Waals surface area contributed by atoms with Crippen LogP contribution in [0, 0.1) is 0 Å². The fraction of sp³-hybridized carbons (Fsp3) is 0.105. The number of rotatable bonds is 3. The van der Waals surface area contributed by atoms with Crippen molar-refractivity contribution in [2.24, 2.45) is 0 Å². The quantitative estimate of drug-likeness (QED) is 0.604. The van der Waals surface area contributed by atoms with E-state index in [1.165, 1.54) is 18.8 Å². The van der Waals surface area contributed by atoms with E-state index in [0.29, 0.717) is 18.0 Å². The smallest absolute Gasteiger partial charge is 0.275 e. The van der Waals surface area contributed by atoms with Crippen molar-refractivity contribution in [3.63, 3.8) is 0 Å². The number of carbonyl (C=O) groups is 1. The van der Waals surface area contributed by atoms with Crippen molar-refractivity contribution in [2.45, 2.75) is 12.6 Å². The summed E-state index contributed by atoms with van der Waals surface area (Å²) in [5, 5.41) is 6.97. The maximum absolute atomic E-state index is 13.1. The zero-order valence-corrected chi connectivity index (χ0v) is 14.1. The molecule has 3 aromatic heterocycles. The number of carbonyl (C=O) groups excluding carboxylic acids is 1. The van der Waals surface area contributed by atoms with E-state index >= 15 is 0 Å². The third-order valence-corrected chi connectivity index (χ3v) is 4.67. The summed E-state index contributed by atoms with van der Waals surface area (Å²) in [5.41, 5.74) is 4.28. The summed E-state index contributed by atoms with van der Waals surface area (Å²) in [5.74, 6) is 0.407. The number of aromatic nitrogens is 5. The van der Waals surface area contributed by atoms with Gasteiger partial charge in [-0.3, -0.25) is 14.9 Å². The van der Waals surface area contributed by atoms with Crippen molar-refractivity contribution in [3.05, 3.63) is 84.2 Å². The Balaban J connectivity index is 1.58. The van der Waals surface area contributed by atoms with Gasteiger partial charge in [-0.2, -0.15) is 5.10 Å². The molecule has 4 aromatic rings. The summed E-state index contributed by atoms with van der Waals surface area (Å²) in [4.78, 5) is 27.0. The number of oxazole rings is 1. The number of fused-ring (bicyclic) bond motifs is 1. The van der Waals surface area contributed by atoms with Crippen LogP contribution in [0.1, 0.15) is 33.4 Å². The first kappa shape index (κ1) is 15.4. The number of nitrogens with one attached hydrogen (secondary N) is 1. The molecular weight excluding hydrogens is 344 g/mol. The lowest BCUT2D eigenvalue weighted by Gasteiger charge is -2.22. The summed E-state index contributed by atoms with van der Waals surface area (Å²) >= 11 is 0. The molecule has 0 fully saturated rings. The monoisotopic (exact) mass is 358 g/mol. The van der Waals surface area contributed by atoms with Crippen LogP contribution in [0.3, 0.4) is 0 Å². The van der Waals surface area contributed by atoms with E-state index in [1.807, 2.05) is 18.2 Å². The van der Waals surface area contributed by atoms with E-state index in [4.69, 9.17) is 4.42 Å². The SMILES string of the molecule is O=C(c1cnccn1)N1Cc2cc(-c3ccn[nH]3)ccc2C1c1cnco1. The molecule has 5 rings (SSSR count). The molecule has 0 bridgehead atoms. The molecule has 0 aliphatic carbocycles. The molecule has 27 heavy (non-hydrogen) atoms. The Morgan fingerprint density at radius 1 is 1.15 bits per heavy atom. The van der Waals surface area contributed by atoms with Crippen LogP contribution in [0.5, 0.6) is 0 Å². The van der Waals surface area contributed by atoms with Crippen LogP contribution < -0.4 is 0 Å². The predicted molar refractivity (Wildman–Crippen MR) is 94.3 cm³/mol. The minimum Gasteiger partial charge on any atom is -0.446 e. The fourth-order valence-electron chi connectivity index (χ4n) is 3.45. The van der Waals surface area contributed by atoms with Crippen LogP contribution in [0.2, 0.25) is 0 Å². The number of hydrogen-bond acceptors (Lipinski definition) is 6. The van der Waals surface area contributed by atoms with E-state index in [2.05, 4.69) is 31.2 Å². The molecule has 4 heterocycles. The van der Waals surface area contributed by atoms with E-state index < -0.39 is 0 Å². The Morgan fingerprint density at radius 3 is 2.85 bits per heavy atom. The topological polar surface area (TPSA) is 101 Å². The molecule has 1 aliphatic heterocycles. The Bertz CT molecular complexity index is 1080. The molecule has 1 aliphatic rings. The third kappa shape index (κ3) is 2.58. The molecule has 1 aromatic carbocycles. The van der Waals surface area contributed by atoms with Gasteiger partial charge in [-0.25, -0.2) is 9.97 Å². The zero-order chi connectivity index (χ0) is 18.2. The average Bonchev–Trinajstić information content (AvgIpc) is 3.47. The standard InChI is InChI=1S/C19H14N6O2/c26-19(16-8-20-5-6-22-16)25-10-13-7-12(15-3-4-23-24-15)1-2-14(13)18(25)17-9-21-11-27-17/h1-9,11,18H,10H2,(H,23,24). The fourth-order valence-corrected chi connectivity index (χ4v) is 3.45. The predicted octanol–water partition coefficient (Wildman–Crippen LogP) is 2.60. The van der Waals surface area contributed by atoms with Gasteiger partial charge >= 0.3 is 0 Å². The van der Waals surface area contributed by atoms with E-state index in [-0.39, 0.29) is 11.9 Å². The van der Waals surface area contributed by atoms with Crippen molar-refractivity contribution in [2.75, 3.05) is 0 Å². The minimum atomic E-state index is -0.354. The summed E-state index contributed by atoms with van der Waals surface area (Å²) in [6.45, 7) is 0.443. The van der Waals surface area contributed by atoms with E-state index in [1.54, 1.807) is 23.5 Å². The molecule has 1 unspecified atom stereocenters. The van der Waals surface area contributed by atoms with Crippen molar-refractivity contribution in [1.29, 1.82) is 0 Å². The molecule has 1 N–H and O–H groups in total. The number of benzene rings is 1. The highest BCUT2D eigenvalue weighted by molar-refractivity contribution is 5.93. The third-order valence-electron chi connectivity index (χ3n) is 4.67. The van der Waals surface area contributed by atoms with Gasteiger partial charge in [0.2, 0.25) is 0 Å². The number of nitrogens with zero attached hydrogens (tertiary/aromatic N) is 5. The lowest BCUT2D eigenvalue weighted by atomic mass is 9.99. The van der Waals surface area contributed by atoms with Gasteiger partial charge in [0.1, 0.15) is 11.7 Å². The van der Waals surface area contributed by atoms with Gasteiger partial charge in [0.05, 0.1) is 18.1 Å². The molecule has 0 saturated heterocycles. The van der Waals surface area contributed by atoms with Crippen molar-refractivity contribution in [1.82, 2.24) is 30.0 Å². The first-order valence-electron chi connectivity index (χ1n) is 8.39. The van der Waals surface area contributed by atoms with Gasteiger partial charge in [0.25, 0.3) is 5.91 Å². The van der Waals surface area contributed by atoms with Gasteiger partial charge in [0.15, 0.2) is 12.2 Å². The lowest BCUT2D eigenvalue weighted by Crippen LogP contribution is -2.30. The largest absolute Gasteiger partial charge is 0.446 e. The number of aromatic amines is 1. The molecule has 0 spiro atoms. The highest BCUT2D eigenvalue weighted by Crippen LogP contribution is 2.40. The van der Waals surface area contributed by atoms with E-state index in [9.17, 15) is 4.79 Å². The summed E-state index contributed by atoms with van der Waals surface area (Å²) < 4.78 is 5.54. The van der Waals surface area contributed by atoms with Crippen LogP contribution >= 0.6 is 0 Å². The van der Waals surface area contributed by atoms with Gasteiger partial charge in [-0.05, 0) is 28.8 Å². The van der Waals surface area contributed by atoms with Crippen LogP contribution in [-0.4, -0.2) is 36.0 Å². The molecule has 8 heteroatoms. The molecule has 1 amide bonds. The second kappa shape index (κ2) is 6.17. The maximum atomic E-state index is 13.1. The van der Waals surface area contributed by atoms with Crippen LogP contribution in [0.4, 0.5) is 0 Å². The molecule has 1 atom stereocenters. The lowest BCUT2D eigenvalue weighted by molar-refractivity contribution is 0.0697. The van der Waals surface area contributed by atoms with Gasteiger partial charge < -0.3 is 9.32 Å². The molecule has 0 radical (unpaired) electrons. The summed E-state index contributed by atoms with van der Waals surface area (Å²) in [6.07, 6.45) is 9.25. The zero-order valence-electron chi connectivity index (χ0n) is 14.1. The highest BCUT2D eigenvalue weighted by atomic mass is 16.3. The second-order valence-electron chi connectivity index (χ2n) is 6.21. The summed E-state index contributed by atoms with van der Waals surface area (Å²) in [6, 6.07) is 7.64. The average molecular weight is 358 g/mol. The highest BCUT2D eigenvalue weighted by Gasteiger charge is 2.37. The summed E-state index contributed by atoms with van der Waals surface area (Å²) in [7, 11) is 0. The maximum Gasteiger partial charge on any atom is 0.275 e. The number of amides is 1. The Hall–Kier alpha value is -3.81. The Morgan fingerprint density at radius 2 is 2.11 bits per heavy atom. The molecule has 8 nitrogen and oxygen atoms in total. The van der Waals surface area contributed by atoms with Crippen molar-refractivity contribution >= 4 is 5.91 Å². The molecular formula is C19H14N6O2. The minimum absolute atomic E-state index is 0.205. The first-order chi connectivity index (χ1) is 13.3. The molecule has 132 valence electrons. The van der Waals surface area contributed by atoms with Crippen molar-refractivity contribution < 1.29 is 9.21 Å². The van der Waals surface area contributed by atoms with Gasteiger partial charge in [-0.15, -0.1) is 0 Å². The van der Waals surface area contributed by atoms with Gasteiger partial charge in [-0.1, -0.05) is 12.1 Å².